The first-order chi connectivity index (χ1) is 7.68. The summed E-state index contributed by atoms with van der Waals surface area (Å²) < 4.78 is 0. The molecule has 0 radical (unpaired) electrons. The Kier molecular flexibility index (Phi) is 3.10. The molecule has 1 saturated heterocycles. The summed E-state index contributed by atoms with van der Waals surface area (Å²) in [5.41, 5.74) is 0.846. The van der Waals surface area contributed by atoms with E-state index in [1.165, 1.54) is 0 Å². The average Bonchev–Trinajstić information content (AvgIpc) is 2.44. The number of carbonyl (C=O) groups excluding carboxylic acids is 1. The van der Waals surface area contributed by atoms with Gasteiger partial charge in [-0.3, -0.25) is 4.79 Å². The molecule has 4 nitrogen and oxygen atoms in total. The highest BCUT2D eigenvalue weighted by Crippen LogP contribution is 2.20. The Morgan fingerprint density at radius 3 is 2.75 bits per heavy atom. The van der Waals surface area contributed by atoms with E-state index in [1.807, 2.05) is 6.92 Å². The second-order valence-corrected chi connectivity index (χ2v) is 4.11. The van der Waals surface area contributed by atoms with E-state index in [2.05, 4.69) is 5.32 Å². The van der Waals surface area contributed by atoms with Crippen LogP contribution >= 0.6 is 0 Å². The SMILES string of the molecule is CC1CNCCN(c2ccc(O)cc2)C1=O. The smallest absolute Gasteiger partial charge is 0.231 e. The van der Waals surface area contributed by atoms with Gasteiger partial charge in [-0.1, -0.05) is 6.92 Å². The molecule has 1 fully saturated rings. The number of nitrogens with one attached hydrogen (secondary N) is 1. The number of carbonyl (C=O) groups is 1. The van der Waals surface area contributed by atoms with E-state index in [-0.39, 0.29) is 17.6 Å². The van der Waals surface area contributed by atoms with E-state index in [4.69, 9.17) is 0 Å². The number of rotatable bonds is 1. The van der Waals surface area contributed by atoms with Crippen LogP contribution in [0.25, 0.3) is 0 Å². The van der Waals surface area contributed by atoms with Crippen LogP contribution < -0.4 is 10.2 Å². The molecule has 1 aromatic carbocycles. The summed E-state index contributed by atoms with van der Waals surface area (Å²) in [7, 11) is 0. The van der Waals surface area contributed by atoms with Crippen molar-refractivity contribution in [1.29, 1.82) is 0 Å². The molecule has 1 aliphatic rings. The van der Waals surface area contributed by atoms with Gasteiger partial charge in [0.05, 0.1) is 0 Å². The van der Waals surface area contributed by atoms with Gasteiger partial charge in [-0.2, -0.15) is 0 Å². The highest BCUT2D eigenvalue weighted by atomic mass is 16.3. The number of hydrogen-bond acceptors (Lipinski definition) is 3. The van der Waals surface area contributed by atoms with Crippen molar-refractivity contribution in [2.24, 2.45) is 5.92 Å². The zero-order valence-corrected chi connectivity index (χ0v) is 9.31. The molecule has 86 valence electrons. The minimum absolute atomic E-state index is 0.00342. The van der Waals surface area contributed by atoms with Crippen molar-refractivity contribution in [3.63, 3.8) is 0 Å². The van der Waals surface area contributed by atoms with E-state index in [0.29, 0.717) is 6.54 Å². The fraction of sp³-hybridized carbons (Fsp3) is 0.417. The molecule has 0 bridgehead atoms. The molecule has 1 unspecified atom stereocenters. The predicted octanol–water partition coefficient (Wildman–Crippen LogP) is 0.964. The summed E-state index contributed by atoms with van der Waals surface area (Å²) in [5.74, 6) is 0.351. The van der Waals surface area contributed by atoms with Crippen LogP contribution in [0.15, 0.2) is 24.3 Å². The zero-order chi connectivity index (χ0) is 11.5. The lowest BCUT2D eigenvalue weighted by atomic mass is 10.1. The maximum Gasteiger partial charge on any atom is 0.231 e. The van der Waals surface area contributed by atoms with Gasteiger partial charge in [0.25, 0.3) is 0 Å². The Hall–Kier alpha value is -1.55. The molecule has 0 saturated carbocycles. The van der Waals surface area contributed by atoms with Gasteiger partial charge in [0, 0.05) is 31.2 Å². The second kappa shape index (κ2) is 4.53. The van der Waals surface area contributed by atoms with Crippen molar-refractivity contribution < 1.29 is 9.90 Å². The average molecular weight is 220 g/mol. The molecule has 1 amide bonds. The normalized spacial score (nSPS) is 21.9. The Morgan fingerprint density at radius 1 is 1.38 bits per heavy atom. The molecule has 2 N–H and O–H groups in total. The summed E-state index contributed by atoms with van der Waals surface area (Å²) in [6.45, 7) is 4.13. The van der Waals surface area contributed by atoms with Gasteiger partial charge >= 0.3 is 0 Å². The topological polar surface area (TPSA) is 52.6 Å². The molecule has 1 aliphatic heterocycles. The maximum absolute atomic E-state index is 12.1. The molecular formula is C12H16N2O2. The third-order valence-corrected chi connectivity index (χ3v) is 2.81. The van der Waals surface area contributed by atoms with Crippen molar-refractivity contribution in [2.75, 3.05) is 24.5 Å². The lowest BCUT2D eigenvalue weighted by molar-refractivity contribution is -0.121. The highest BCUT2D eigenvalue weighted by molar-refractivity contribution is 5.95. The maximum atomic E-state index is 12.1. The first-order valence-corrected chi connectivity index (χ1v) is 5.49. The molecule has 2 rings (SSSR count). The summed E-state index contributed by atoms with van der Waals surface area (Å²) in [4.78, 5) is 13.8. The van der Waals surface area contributed by atoms with Crippen LogP contribution in [0.1, 0.15) is 6.92 Å². The minimum atomic E-state index is -0.00342. The van der Waals surface area contributed by atoms with Crippen LogP contribution in [0, 0.1) is 5.92 Å². The lowest BCUT2D eigenvalue weighted by Gasteiger charge is -2.22. The van der Waals surface area contributed by atoms with Gasteiger partial charge in [-0.05, 0) is 24.3 Å². The van der Waals surface area contributed by atoms with Crippen LogP contribution in [-0.2, 0) is 4.79 Å². The number of anilines is 1. The van der Waals surface area contributed by atoms with Crippen molar-refractivity contribution in [3.8, 4) is 5.75 Å². The van der Waals surface area contributed by atoms with Gasteiger partial charge < -0.3 is 15.3 Å². The molecule has 4 heteroatoms. The minimum Gasteiger partial charge on any atom is -0.508 e. The largest absolute Gasteiger partial charge is 0.508 e. The van der Waals surface area contributed by atoms with Gasteiger partial charge in [-0.25, -0.2) is 0 Å². The molecule has 1 aromatic rings. The van der Waals surface area contributed by atoms with Gasteiger partial charge in [0.1, 0.15) is 5.75 Å². The molecule has 1 heterocycles. The van der Waals surface area contributed by atoms with E-state index >= 15 is 0 Å². The van der Waals surface area contributed by atoms with E-state index in [9.17, 15) is 9.90 Å². The number of aromatic hydroxyl groups is 1. The first-order valence-electron chi connectivity index (χ1n) is 5.49. The zero-order valence-electron chi connectivity index (χ0n) is 9.31. The number of phenols is 1. The molecule has 1 atom stereocenters. The van der Waals surface area contributed by atoms with E-state index in [0.717, 1.165) is 18.8 Å². The summed E-state index contributed by atoms with van der Waals surface area (Å²) in [6, 6.07) is 6.74. The van der Waals surface area contributed by atoms with Crippen molar-refractivity contribution in [1.82, 2.24) is 5.32 Å². The molecule has 16 heavy (non-hydrogen) atoms. The summed E-state index contributed by atoms with van der Waals surface area (Å²) >= 11 is 0. The number of phenolic OH excluding ortho intramolecular Hbond substituents is 1. The number of benzene rings is 1. The number of amides is 1. The highest BCUT2D eigenvalue weighted by Gasteiger charge is 2.24. The van der Waals surface area contributed by atoms with E-state index in [1.54, 1.807) is 29.2 Å². The van der Waals surface area contributed by atoms with Crippen LogP contribution in [0.2, 0.25) is 0 Å². The lowest BCUT2D eigenvalue weighted by Crippen LogP contribution is -2.35. The van der Waals surface area contributed by atoms with Crippen LogP contribution in [0.5, 0.6) is 5.75 Å². The number of hydrogen-bond donors (Lipinski definition) is 2. The standard InChI is InChI=1S/C12H16N2O2/c1-9-8-13-6-7-14(12(9)16)10-2-4-11(15)5-3-10/h2-5,9,13,15H,6-8H2,1H3. The van der Waals surface area contributed by atoms with E-state index < -0.39 is 0 Å². The van der Waals surface area contributed by atoms with Crippen LogP contribution in [-0.4, -0.2) is 30.6 Å². The Balaban J connectivity index is 2.24. The van der Waals surface area contributed by atoms with Crippen LogP contribution in [0.4, 0.5) is 5.69 Å². The van der Waals surface area contributed by atoms with Crippen molar-refractivity contribution in [3.05, 3.63) is 24.3 Å². The number of nitrogens with zero attached hydrogens (tertiary/aromatic N) is 1. The summed E-state index contributed by atoms with van der Waals surface area (Å²) in [6.07, 6.45) is 0. The monoisotopic (exact) mass is 220 g/mol. The molecule has 0 aromatic heterocycles. The molecular weight excluding hydrogens is 204 g/mol. The Morgan fingerprint density at radius 2 is 2.06 bits per heavy atom. The van der Waals surface area contributed by atoms with Gasteiger partial charge in [0.15, 0.2) is 0 Å². The van der Waals surface area contributed by atoms with Gasteiger partial charge in [0.2, 0.25) is 5.91 Å². The quantitative estimate of drug-likeness (QED) is 0.741. The molecule has 0 spiro atoms. The van der Waals surface area contributed by atoms with Crippen molar-refractivity contribution >= 4 is 11.6 Å². The Bertz CT molecular complexity index is 375. The fourth-order valence-electron chi connectivity index (χ4n) is 1.86. The second-order valence-electron chi connectivity index (χ2n) is 4.11. The van der Waals surface area contributed by atoms with Crippen LogP contribution in [0.3, 0.4) is 0 Å². The predicted molar refractivity (Wildman–Crippen MR) is 62.5 cm³/mol. The summed E-state index contributed by atoms with van der Waals surface area (Å²) in [5, 5.41) is 12.4. The Labute approximate surface area is 94.9 Å². The fourth-order valence-corrected chi connectivity index (χ4v) is 1.86. The van der Waals surface area contributed by atoms with Gasteiger partial charge in [-0.15, -0.1) is 0 Å². The van der Waals surface area contributed by atoms with Crippen molar-refractivity contribution in [2.45, 2.75) is 6.92 Å². The third-order valence-electron chi connectivity index (χ3n) is 2.81. The third kappa shape index (κ3) is 2.17. The first kappa shape index (κ1) is 11.0. The molecule has 0 aliphatic carbocycles.